The van der Waals surface area contributed by atoms with Gasteiger partial charge in [0, 0.05) is 16.7 Å². The highest BCUT2D eigenvalue weighted by Crippen LogP contribution is 2.26. The second-order valence-corrected chi connectivity index (χ2v) is 6.69. The minimum absolute atomic E-state index is 0.111. The standard InChI is InChI=1S/C19H19N3O2S/c1-13-6-5-7-15(21-13)11-20-19(23)17-8-3-4-9-18(17)25-12-16-10-14(2)22-24-16/h3-10H,11-12H2,1-2H3,(H,20,23). The van der Waals surface area contributed by atoms with E-state index in [0.717, 1.165) is 27.7 Å². The molecule has 3 rings (SSSR count). The molecule has 0 unspecified atom stereocenters. The summed E-state index contributed by atoms with van der Waals surface area (Å²) in [6.07, 6.45) is 0. The Hall–Kier alpha value is -2.60. The Balaban J connectivity index is 1.65. The number of hydrogen-bond donors (Lipinski definition) is 1. The minimum Gasteiger partial charge on any atom is -0.360 e. The van der Waals surface area contributed by atoms with Gasteiger partial charge in [-0.1, -0.05) is 23.4 Å². The Morgan fingerprint density at radius 1 is 1.12 bits per heavy atom. The normalized spacial score (nSPS) is 10.6. The second kappa shape index (κ2) is 7.98. The van der Waals surface area contributed by atoms with Gasteiger partial charge in [0.25, 0.3) is 5.91 Å². The molecule has 0 aliphatic carbocycles. The van der Waals surface area contributed by atoms with Crippen LogP contribution < -0.4 is 5.32 Å². The van der Waals surface area contributed by atoms with E-state index in [9.17, 15) is 4.79 Å². The highest BCUT2D eigenvalue weighted by molar-refractivity contribution is 7.98. The zero-order chi connectivity index (χ0) is 17.6. The van der Waals surface area contributed by atoms with Crippen molar-refractivity contribution < 1.29 is 9.32 Å². The molecule has 0 spiro atoms. The van der Waals surface area contributed by atoms with Crippen LogP contribution in [0.15, 0.2) is 57.9 Å². The van der Waals surface area contributed by atoms with Crippen LogP contribution in [0.25, 0.3) is 0 Å². The molecule has 0 fully saturated rings. The van der Waals surface area contributed by atoms with E-state index in [4.69, 9.17) is 4.52 Å². The third-order valence-electron chi connectivity index (χ3n) is 3.55. The van der Waals surface area contributed by atoms with Crippen LogP contribution in [-0.4, -0.2) is 16.0 Å². The van der Waals surface area contributed by atoms with Crippen molar-refractivity contribution in [2.45, 2.75) is 31.0 Å². The molecule has 5 nitrogen and oxygen atoms in total. The molecule has 1 N–H and O–H groups in total. The van der Waals surface area contributed by atoms with Gasteiger partial charge < -0.3 is 9.84 Å². The minimum atomic E-state index is -0.111. The van der Waals surface area contributed by atoms with E-state index in [2.05, 4.69) is 15.5 Å². The number of pyridine rings is 1. The molecule has 2 heterocycles. The molecule has 0 bridgehead atoms. The van der Waals surface area contributed by atoms with Crippen LogP contribution in [0.3, 0.4) is 0 Å². The van der Waals surface area contributed by atoms with E-state index >= 15 is 0 Å². The van der Waals surface area contributed by atoms with Gasteiger partial charge in [-0.3, -0.25) is 9.78 Å². The summed E-state index contributed by atoms with van der Waals surface area (Å²) in [5.74, 6) is 1.31. The highest BCUT2D eigenvalue weighted by atomic mass is 32.2. The third kappa shape index (κ3) is 4.70. The van der Waals surface area contributed by atoms with Crippen molar-refractivity contribution in [3.63, 3.8) is 0 Å². The number of aryl methyl sites for hydroxylation is 2. The average molecular weight is 353 g/mol. The van der Waals surface area contributed by atoms with E-state index < -0.39 is 0 Å². The van der Waals surface area contributed by atoms with Crippen molar-refractivity contribution in [1.82, 2.24) is 15.5 Å². The smallest absolute Gasteiger partial charge is 0.252 e. The number of carbonyl (C=O) groups is 1. The van der Waals surface area contributed by atoms with E-state index in [-0.39, 0.29) is 5.91 Å². The number of carbonyl (C=O) groups excluding carboxylic acids is 1. The zero-order valence-electron chi connectivity index (χ0n) is 14.2. The van der Waals surface area contributed by atoms with Crippen molar-refractivity contribution >= 4 is 17.7 Å². The van der Waals surface area contributed by atoms with Gasteiger partial charge in [-0.15, -0.1) is 11.8 Å². The van der Waals surface area contributed by atoms with Crippen molar-refractivity contribution in [2.24, 2.45) is 0 Å². The summed E-state index contributed by atoms with van der Waals surface area (Å²) in [6.45, 7) is 4.22. The molecule has 0 aliphatic rings. The van der Waals surface area contributed by atoms with E-state index in [1.54, 1.807) is 11.8 Å². The average Bonchev–Trinajstić information content (AvgIpc) is 3.03. The lowest BCUT2D eigenvalue weighted by Crippen LogP contribution is -2.24. The topological polar surface area (TPSA) is 68.0 Å². The van der Waals surface area contributed by atoms with Crippen LogP contribution in [0.4, 0.5) is 0 Å². The number of thioether (sulfide) groups is 1. The summed E-state index contributed by atoms with van der Waals surface area (Å²) in [5, 5.41) is 6.82. The molecular weight excluding hydrogens is 334 g/mol. The summed E-state index contributed by atoms with van der Waals surface area (Å²) < 4.78 is 5.22. The molecule has 3 aromatic rings. The maximum atomic E-state index is 12.6. The molecular formula is C19H19N3O2S. The Labute approximate surface area is 150 Å². The van der Waals surface area contributed by atoms with Crippen LogP contribution in [0.1, 0.15) is 33.2 Å². The number of benzene rings is 1. The summed E-state index contributed by atoms with van der Waals surface area (Å²) >= 11 is 1.56. The van der Waals surface area contributed by atoms with Crippen LogP contribution >= 0.6 is 11.8 Å². The van der Waals surface area contributed by atoms with Crippen molar-refractivity contribution in [2.75, 3.05) is 0 Å². The summed E-state index contributed by atoms with van der Waals surface area (Å²) in [6, 6.07) is 15.2. The van der Waals surface area contributed by atoms with Crippen molar-refractivity contribution in [3.05, 3.63) is 76.9 Å². The predicted octanol–water partition coefficient (Wildman–Crippen LogP) is 3.91. The van der Waals surface area contributed by atoms with Crippen LogP contribution in [0, 0.1) is 13.8 Å². The summed E-state index contributed by atoms with van der Waals surface area (Å²) in [7, 11) is 0. The second-order valence-electron chi connectivity index (χ2n) is 5.67. The Bertz CT molecular complexity index is 876. The number of nitrogens with zero attached hydrogens (tertiary/aromatic N) is 2. The first-order valence-corrected chi connectivity index (χ1v) is 8.95. The van der Waals surface area contributed by atoms with Gasteiger partial charge in [-0.25, -0.2) is 0 Å². The molecule has 6 heteroatoms. The van der Waals surface area contributed by atoms with Gasteiger partial charge in [-0.2, -0.15) is 0 Å². The maximum absolute atomic E-state index is 12.6. The van der Waals surface area contributed by atoms with Gasteiger partial charge in [0.15, 0.2) is 0 Å². The quantitative estimate of drug-likeness (QED) is 0.681. The first kappa shape index (κ1) is 17.2. The fourth-order valence-corrected chi connectivity index (χ4v) is 3.30. The van der Waals surface area contributed by atoms with Gasteiger partial charge >= 0.3 is 0 Å². The molecule has 2 aromatic heterocycles. The first-order chi connectivity index (χ1) is 12.1. The number of hydrogen-bond acceptors (Lipinski definition) is 5. The molecule has 0 saturated heterocycles. The molecule has 1 aromatic carbocycles. The van der Waals surface area contributed by atoms with Crippen LogP contribution in [-0.2, 0) is 12.3 Å². The number of nitrogens with one attached hydrogen (secondary N) is 1. The maximum Gasteiger partial charge on any atom is 0.252 e. The van der Waals surface area contributed by atoms with Gasteiger partial charge in [0.05, 0.1) is 29.2 Å². The monoisotopic (exact) mass is 353 g/mol. The lowest BCUT2D eigenvalue weighted by molar-refractivity contribution is 0.0947. The predicted molar refractivity (Wildman–Crippen MR) is 97.4 cm³/mol. The Morgan fingerprint density at radius 2 is 1.96 bits per heavy atom. The third-order valence-corrected chi connectivity index (χ3v) is 4.65. The van der Waals surface area contributed by atoms with Gasteiger partial charge in [0.1, 0.15) is 5.76 Å². The summed E-state index contributed by atoms with van der Waals surface area (Å²) in [5.41, 5.74) is 3.28. The van der Waals surface area contributed by atoms with Crippen molar-refractivity contribution in [3.8, 4) is 0 Å². The molecule has 1 amide bonds. The Kier molecular flexibility index (Phi) is 5.50. The van der Waals surface area contributed by atoms with E-state index in [0.29, 0.717) is 17.9 Å². The van der Waals surface area contributed by atoms with Gasteiger partial charge in [-0.05, 0) is 38.1 Å². The van der Waals surface area contributed by atoms with E-state index in [1.165, 1.54) is 0 Å². The molecule has 128 valence electrons. The van der Waals surface area contributed by atoms with Crippen molar-refractivity contribution in [1.29, 1.82) is 0 Å². The molecule has 0 atom stereocenters. The van der Waals surface area contributed by atoms with Crippen LogP contribution in [0.5, 0.6) is 0 Å². The van der Waals surface area contributed by atoms with E-state index in [1.807, 2.05) is 62.4 Å². The number of amides is 1. The molecule has 0 aliphatic heterocycles. The SMILES string of the molecule is Cc1cc(CSc2ccccc2C(=O)NCc2cccc(C)n2)on1. The highest BCUT2D eigenvalue weighted by Gasteiger charge is 2.12. The summed E-state index contributed by atoms with van der Waals surface area (Å²) in [4.78, 5) is 17.9. The fraction of sp³-hybridized carbons (Fsp3) is 0.211. The lowest BCUT2D eigenvalue weighted by atomic mass is 10.2. The first-order valence-electron chi connectivity index (χ1n) is 7.96. The lowest BCUT2D eigenvalue weighted by Gasteiger charge is -2.09. The largest absolute Gasteiger partial charge is 0.360 e. The molecule has 0 saturated carbocycles. The van der Waals surface area contributed by atoms with Gasteiger partial charge in [0.2, 0.25) is 0 Å². The molecule has 25 heavy (non-hydrogen) atoms. The number of aromatic nitrogens is 2. The molecule has 0 radical (unpaired) electrons. The zero-order valence-corrected chi connectivity index (χ0v) is 15.0. The number of rotatable bonds is 6. The van der Waals surface area contributed by atoms with Crippen LogP contribution in [0.2, 0.25) is 0 Å². The fourth-order valence-electron chi connectivity index (χ4n) is 2.38. The Morgan fingerprint density at radius 3 is 2.72 bits per heavy atom.